The van der Waals surface area contributed by atoms with Crippen LogP contribution in [0.1, 0.15) is 31.2 Å². The average molecular weight is 333 g/mol. The van der Waals surface area contributed by atoms with E-state index < -0.39 is 0 Å². The molecule has 1 aliphatic rings. The molecule has 1 aromatic rings. The fraction of sp³-hybridized carbons (Fsp3) is 0.471. The van der Waals surface area contributed by atoms with Crippen LogP contribution >= 0.6 is 0 Å². The summed E-state index contributed by atoms with van der Waals surface area (Å²) in [7, 11) is 3.09. The summed E-state index contributed by atoms with van der Waals surface area (Å²) < 4.78 is 10.5. The van der Waals surface area contributed by atoms with Crippen LogP contribution in [0.15, 0.2) is 23.3 Å². The van der Waals surface area contributed by atoms with Crippen molar-refractivity contribution in [3.8, 4) is 11.5 Å². The number of carbonyl (C=O) groups is 2. The van der Waals surface area contributed by atoms with E-state index >= 15 is 0 Å². The highest BCUT2D eigenvalue weighted by Gasteiger charge is 2.18. The quantitative estimate of drug-likeness (QED) is 0.633. The molecule has 1 fully saturated rings. The maximum Gasteiger partial charge on any atom is 0.259 e. The maximum atomic E-state index is 12.0. The van der Waals surface area contributed by atoms with E-state index in [-0.39, 0.29) is 18.4 Å². The monoisotopic (exact) mass is 333 g/mol. The summed E-state index contributed by atoms with van der Waals surface area (Å²) in [4.78, 5) is 25.4. The predicted octanol–water partition coefficient (Wildman–Crippen LogP) is 1.56. The molecule has 0 saturated carbocycles. The Morgan fingerprint density at radius 2 is 2.12 bits per heavy atom. The number of nitrogens with zero attached hydrogens (tertiary/aromatic N) is 2. The Labute approximate surface area is 141 Å². The second-order valence-corrected chi connectivity index (χ2v) is 5.50. The lowest BCUT2D eigenvalue weighted by atomic mass is 10.2. The highest BCUT2D eigenvalue weighted by atomic mass is 16.5. The van der Waals surface area contributed by atoms with Gasteiger partial charge in [0.1, 0.15) is 6.54 Å². The van der Waals surface area contributed by atoms with Gasteiger partial charge in [0.15, 0.2) is 11.5 Å². The summed E-state index contributed by atoms with van der Waals surface area (Å²) in [5.41, 5.74) is 3.13. The molecule has 1 aliphatic heterocycles. The largest absolute Gasteiger partial charge is 0.493 e. The van der Waals surface area contributed by atoms with Gasteiger partial charge in [-0.2, -0.15) is 5.10 Å². The van der Waals surface area contributed by atoms with Crippen molar-refractivity contribution >= 4 is 18.0 Å². The summed E-state index contributed by atoms with van der Waals surface area (Å²) in [5, 5.41) is 3.94. The van der Waals surface area contributed by atoms with Crippen molar-refractivity contribution < 1.29 is 19.1 Å². The second kappa shape index (κ2) is 8.90. The third kappa shape index (κ3) is 4.71. The van der Waals surface area contributed by atoms with Gasteiger partial charge in [-0.25, -0.2) is 5.43 Å². The van der Waals surface area contributed by atoms with Crippen LogP contribution < -0.4 is 14.9 Å². The molecule has 7 nitrogen and oxygen atoms in total. The second-order valence-electron chi connectivity index (χ2n) is 5.50. The standard InChI is InChI=1S/C17H23N3O4/c1-23-14-8-6-7-13(17(14)24-2)11-18-19-15(21)12-20-10-5-3-4-9-16(20)22/h6-8,11H,3-5,9-10,12H2,1-2H3,(H,19,21)/b18-11-. The molecule has 1 N–H and O–H groups in total. The zero-order chi connectivity index (χ0) is 17.4. The molecular weight excluding hydrogens is 310 g/mol. The number of methoxy groups -OCH3 is 2. The molecule has 0 aromatic heterocycles. The number of likely N-dealkylation sites (tertiary alicyclic amines) is 1. The average Bonchev–Trinajstić information content (AvgIpc) is 2.79. The fourth-order valence-electron chi connectivity index (χ4n) is 2.60. The van der Waals surface area contributed by atoms with Crippen molar-refractivity contribution in [2.45, 2.75) is 25.7 Å². The van der Waals surface area contributed by atoms with E-state index in [0.717, 1.165) is 19.3 Å². The Bertz CT molecular complexity index is 616. The number of benzene rings is 1. The van der Waals surface area contributed by atoms with Crippen LogP contribution in [0.2, 0.25) is 0 Å². The van der Waals surface area contributed by atoms with Gasteiger partial charge in [0.05, 0.1) is 20.4 Å². The maximum absolute atomic E-state index is 12.0. The summed E-state index contributed by atoms with van der Waals surface area (Å²) >= 11 is 0. The fourth-order valence-corrected chi connectivity index (χ4v) is 2.60. The molecule has 0 unspecified atom stereocenters. The molecule has 1 aromatic carbocycles. The lowest BCUT2D eigenvalue weighted by molar-refractivity contribution is -0.135. The smallest absolute Gasteiger partial charge is 0.259 e. The van der Waals surface area contributed by atoms with Crippen molar-refractivity contribution in [2.24, 2.45) is 5.10 Å². The lowest BCUT2D eigenvalue weighted by Crippen LogP contribution is -2.39. The van der Waals surface area contributed by atoms with Crippen LogP contribution in [0.25, 0.3) is 0 Å². The number of hydrogen-bond donors (Lipinski definition) is 1. The number of ether oxygens (including phenoxy) is 2. The van der Waals surface area contributed by atoms with Crippen molar-refractivity contribution in [1.82, 2.24) is 10.3 Å². The van der Waals surface area contributed by atoms with Gasteiger partial charge in [-0.05, 0) is 25.0 Å². The van der Waals surface area contributed by atoms with Gasteiger partial charge >= 0.3 is 0 Å². The molecule has 0 spiro atoms. The number of hydrazone groups is 1. The van der Waals surface area contributed by atoms with Crippen LogP contribution in [0.4, 0.5) is 0 Å². The Morgan fingerprint density at radius 1 is 1.29 bits per heavy atom. The Balaban J connectivity index is 1.94. The van der Waals surface area contributed by atoms with E-state index in [0.29, 0.717) is 30.0 Å². The summed E-state index contributed by atoms with van der Waals surface area (Å²) in [5.74, 6) is 0.841. The first-order valence-electron chi connectivity index (χ1n) is 7.96. The zero-order valence-electron chi connectivity index (χ0n) is 14.1. The van der Waals surface area contributed by atoms with Gasteiger partial charge in [-0.15, -0.1) is 0 Å². The topological polar surface area (TPSA) is 80.2 Å². The van der Waals surface area contributed by atoms with Crippen molar-refractivity contribution in [1.29, 1.82) is 0 Å². The molecule has 1 heterocycles. The summed E-state index contributed by atoms with van der Waals surface area (Å²) in [6.07, 6.45) is 4.85. The minimum Gasteiger partial charge on any atom is -0.493 e. The number of rotatable bonds is 6. The first kappa shape index (κ1) is 17.8. The first-order chi connectivity index (χ1) is 11.7. The van der Waals surface area contributed by atoms with Crippen LogP contribution in [0.3, 0.4) is 0 Å². The normalized spacial score (nSPS) is 15.2. The van der Waals surface area contributed by atoms with Crippen LogP contribution in [-0.4, -0.2) is 50.2 Å². The Hall–Kier alpha value is -2.57. The number of nitrogens with one attached hydrogen (secondary N) is 1. The lowest BCUT2D eigenvalue weighted by Gasteiger charge is -2.18. The van der Waals surface area contributed by atoms with Gasteiger partial charge in [-0.1, -0.05) is 12.5 Å². The molecule has 0 bridgehead atoms. The minimum absolute atomic E-state index is 0.0288. The third-order valence-corrected chi connectivity index (χ3v) is 3.83. The van der Waals surface area contributed by atoms with E-state index in [2.05, 4.69) is 10.5 Å². The minimum atomic E-state index is -0.316. The van der Waals surface area contributed by atoms with E-state index in [9.17, 15) is 9.59 Å². The highest BCUT2D eigenvalue weighted by molar-refractivity contribution is 5.88. The van der Waals surface area contributed by atoms with Crippen molar-refractivity contribution in [3.05, 3.63) is 23.8 Å². The molecule has 0 atom stereocenters. The van der Waals surface area contributed by atoms with E-state index in [1.54, 1.807) is 37.3 Å². The molecule has 0 aliphatic carbocycles. The number of carbonyl (C=O) groups excluding carboxylic acids is 2. The van der Waals surface area contributed by atoms with Crippen molar-refractivity contribution in [3.63, 3.8) is 0 Å². The molecule has 1 saturated heterocycles. The van der Waals surface area contributed by atoms with E-state index in [4.69, 9.17) is 9.47 Å². The van der Waals surface area contributed by atoms with Gasteiger partial charge in [0.2, 0.25) is 5.91 Å². The zero-order valence-corrected chi connectivity index (χ0v) is 14.1. The predicted molar refractivity (Wildman–Crippen MR) is 90.3 cm³/mol. The number of hydrogen-bond acceptors (Lipinski definition) is 5. The van der Waals surface area contributed by atoms with Gasteiger partial charge in [-0.3, -0.25) is 9.59 Å². The SMILES string of the molecule is COc1cccc(/C=N\NC(=O)CN2CCCCCC2=O)c1OC. The third-order valence-electron chi connectivity index (χ3n) is 3.83. The summed E-state index contributed by atoms with van der Waals surface area (Å²) in [6, 6.07) is 5.38. The molecule has 0 radical (unpaired) electrons. The number of amides is 2. The van der Waals surface area contributed by atoms with E-state index in [1.807, 2.05) is 0 Å². The van der Waals surface area contributed by atoms with Gasteiger partial charge in [0, 0.05) is 18.5 Å². The molecule has 2 amide bonds. The molecule has 7 heteroatoms. The van der Waals surface area contributed by atoms with Crippen LogP contribution in [0, 0.1) is 0 Å². The molecular formula is C17H23N3O4. The Kier molecular flexibility index (Phi) is 6.60. The van der Waals surface area contributed by atoms with Crippen LogP contribution in [-0.2, 0) is 9.59 Å². The van der Waals surface area contributed by atoms with Crippen LogP contribution in [0.5, 0.6) is 11.5 Å². The summed E-state index contributed by atoms with van der Waals surface area (Å²) in [6.45, 7) is 0.658. The van der Waals surface area contributed by atoms with Gasteiger partial charge in [0.25, 0.3) is 5.91 Å². The van der Waals surface area contributed by atoms with Crippen molar-refractivity contribution in [2.75, 3.05) is 27.3 Å². The highest BCUT2D eigenvalue weighted by Crippen LogP contribution is 2.29. The van der Waals surface area contributed by atoms with Gasteiger partial charge < -0.3 is 14.4 Å². The number of para-hydroxylation sites is 1. The van der Waals surface area contributed by atoms with E-state index in [1.165, 1.54) is 6.21 Å². The molecule has 2 rings (SSSR count). The first-order valence-corrected chi connectivity index (χ1v) is 7.96. The molecule has 24 heavy (non-hydrogen) atoms. The Morgan fingerprint density at radius 3 is 2.88 bits per heavy atom. The molecule has 130 valence electrons.